The number of carboxylic acids is 1. The van der Waals surface area contributed by atoms with Crippen molar-refractivity contribution in [3.8, 4) is 5.75 Å². The second-order valence-electron chi connectivity index (χ2n) is 7.98. The maximum Gasteiger partial charge on any atom is 0.311 e. The molecule has 0 saturated heterocycles. The van der Waals surface area contributed by atoms with Crippen molar-refractivity contribution in [1.29, 1.82) is 0 Å². The number of fused-ring (bicyclic) bond motifs is 1. The molecule has 0 heterocycles. The molecule has 2 unspecified atom stereocenters. The number of aliphatic hydroxyl groups is 1. The molecule has 0 aromatic heterocycles. The van der Waals surface area contributed by atoms with Crippen LogP contribution in [0.4, 0.5) is 5.69 Å². The number of anilines is 1. The van der Waals surface area contributed by atoms with Gasteiger partial charge in [-0.3, -0.25) is 9.59 Å². The minimum atomic E-state index is -1.80. The summed E-state index contributed by atoms with van der Waals surface area (Å²) in [5.41, 5.74) is 1.42. The lowest BCUT2D eigenvalue weighted by Gasteiger charge is -2.53. The zero-order valence-electron chi connectivity index (χ0n) is 16.8. The summed E-state index contributed by atoms with van der Waals surface area (Å²) in [6.45, 7) is 0. The van der Waals surface area contributed by atoms with Crippen LogP contribution in [0.3, 0.4) is 0 Å². The Labute approximate surface area is 179 Å². The third-order valence-corrected chi connectivity index (χ3v) is 6.51. The van der Waals surface area contributed by atoms with Crippen LogP contribution in [0, 0.1) is 11.8 Å². The topological polar surface area (TPSA) is 95.9 Å². The Hall–Kier alpha value is -3.64. The van der Waals surface area contributed by atoms with Crippen LogP contribution in [0.2, 0.25) is 0 Å². The predicted molar refractivity (Wildman–Crippen MR) is 114 cm³/mol. The van der Waals surface area contributed by atoms with E-state index in [1.807, 2.05) is 24.3 Å². The molecule has 0 saturated carbocycles. The Morgan fingerprint density at radius 2 is 1.45 bits per heavy atom. The predicted octanol–water partition coefficient (Wildman–Crippen LogP) is 3.35. The van der Waals surface area contributed by atoms with Gasteiger partial charge in [-0.05, 0) is 46.5 Å². The fraction of sp³-hybridized carbons (Fsp3) is 0.200. The Morgan fingerprint density at radius 3 is 1.97 bits per heavy atom. The number of benzene rings is 3. The fourth-order valence-electron chi connectivity index (χ4n) is 5.25. The monoisotopic (exact) mass is 415 g/mol. The van der Waals surface area contributed by atoms with E-state index >= 15 is 0 Å². The number of aliphatic carboxylic acids is 1. The highest BCUT2D eigenvalue weighted by atomic mass is 16.5. The van der Waals surface area contributed by atoms with Crippen molar-refractivity contribution in [2.75, 3.05) is 12.4 Å². The highest BCUT2D eigenvalue weighted by Crippen LogP contribution is 2.60. The molecule has 0 spiro atoms. The average Bonchev–Trinajstić information content (AvgIpc) is 2.79. The second kappa shape index (κ2) is 6.96. The Morgan fingerprint density at radius 1 is 0.903 bits per heavy atom. The molecule has 3 N–H and O–H groups in total. The van der Waals surface area contributed by atoms with Gasteiger partial charge in [0.1, 0.15) is 17.3 Å². The number of rotatable bonds is 4. The summed E-state index contributed by atoms with van der Waals surface area (Å²) in [5, 5.41) is 24.9. The number of ether oxygens (including phenoxy) is 1. The summed E-state index contributed by atoms with van der Waals surface area (Å²) in [4.78, 5) is 25.9. The molecular formula is C25H21NO5. The van der Waals surface area contributed by atoms with Gasteiger partial charge in [0.2, 0.25) is 5.91 Å². The molecule has 3 aliphatic carbocycles. The van der Waals surface area contributed by atoms with E-state index in [4.69, 9.17) is 4.74 Å². The molecule has 3 aromatic carbocycles. The standard InChI is InChI=1S/C25H21NO5/c1-31-15-12-10-14(11-13-15)26-23(27)21-20-16-6-2-4-8-18(16)25(30,22(21)24(28)29)19-9-5-3-7-17(19)20/h2-13,20-22,30H,1H3,(H,26,27)(H,28,29). The lowest BCUT2D eigenvalue weighted by Crippen LogP contribution is -2.58. The highest BCUT2D eigenvalue weighted by Gasteiger charge is 2.63. The van der Waals surface area contributed by atoms with E-state index in [2.05, 4.69) is 5.32 Å². The zero-order chi connectivity index (χ0) is 21.8. The number of carboxylic acid groups (broad SMARTS) is 1. The number of hydrogen-bond donors (Lipinski definition) is 3. The van der Waals surface area contributed by atoms with Crippen LogP contribution in [0.15, 0.2) is 72.8 Å². The van der Waals surface area contributed by atoms with E-state index in [9.17, 15) is 19.8 Å². The normalized spacial score (nSPS) is 25.3. The molecule has 6 rings (SSSR count). The number of methoxy groups -OCH3 is 1. The highest BCUT2D eigenvalue weighted by molar-refractivity contribution is 5.98. The van der Waals surface area contributed by atoms with Crippen molar-refractivity contribution < 1.29 is 24.5 Å². The molecule has 31 heavy (non-hydrogen) atoms. The van der Waals surface area contributed by atoms with Crippen LogP contribution in [0.25, 0.3) is 0 Å². The summed E-state index contributed by atoms with van der Waals surface area (Å²) >= 11 is 0. The quantitative estimate of drug-likeness (QED) is 0.607. The van der Waals surface area contributed by atoms with Crippen molar-refractivity contribution in [2.45, 2.75) is 11.5 Å². The summed E-state index contributed by atoms with van der Waals surface area (Å²) in [6.07, 6.45) is 0. The van der Waals surface area contributed by atoms with Crippen LogP contribution < -0.4 is 10.1 Å². The van der Waals surface area contributed by atoms with E-state index in [1.165, 1.54) is 0 Å². The van der Waals surface area contributed by atoms with Crippen molar-refractivity contribution >= 4 is 17.6 Å². The van der Waals surface area contributed by atoms with Crippen molar-refractivity contribution in [3.05, 3.63) is 95.1 Å². The first-order valence-corrected chi connectivity index (χ1v) is 10.1. The van der Waals surface area contributed by atoms with Gasteiger partial charge in [-0.1, -0.05) is 48.5 Å². The summed E-state index contributed by atoms with van der Waals surface area (Å²) in [7, 11) is 1.55. The third kappa shape index (κ3) is 2.68. The van der Waals surface area contributed by atoms with Gasteiger partial charge in [-0.15, -0.1) is 0 Å². The lowest BCUT2D eigenvalue weighted by atomic mass is 9.51. The lowest BCUT2D eigenvalue weighted by molar-refractivity contribution is -0.161. The molecule has 6 heteroatoms. The van der Waals surface area contributed by atoms with Gasteiger partial charge < -0.3 is 20.3 Å². The molecular weight excluding hydrogens is 394 g/mol. The zero-order valence-corrected chi connectivity index (χ0v) is 16.8. The van der Waals surface area contributed by atoms with Gasteiger partial charge in [0.15, 0.2) is 0 Å². The molecule has 0 aliphatic heterocycles. The van der Waals surface area contributed by atoms with Crippen LogP contribution in [-0.4, -0.2) is 29.2 Å². The Bertz CT molecular complexity index is 1140. The maximum atomic E-state index is 13.5. The van der Waals surface area contributed by atoms with Gasteiger partial charge in [0.25, 0.3) is 0 Å². The van der Waals surface area contributed by atoms with Gasteiger partial charge >= 0.3 is 5.97 Å². The summed E-state index contributed by atoms with van der Waals surface area (Å²) in [6, 6.07) is 21.3. The molecule has 3 aliphatic rings. The van der Waals surface area contributed by atoms with Crippen molar-refractivity contribution in [3.63, 3.8) is 0 Å². The molecule has 1 amide bonds. The largest absolute Gasteiger partial charge is 0.497 e. The number of nitrogens with one attached hydrogen (secondary N) is 1. The van der Waals surface area contributed by atoms with Gasteiger partial charge in [-0.2, -0.15) is 0 Å². The number of amides is 1. The van der Waals surface area contributed by atoms with Gasteiger partial charge in [0, 0.05) is 11.6 Å². The van der Waals surface area contributed by atoms with Crippen LogP contribution in [0.5, 0.6) is 5.75 Å². The van der Waals surface area contributed by atoms with Crippen LogP contribution in [-0.2, 0) is 15.2 Å². The molecule has 156 valence electrons. The van der Waals surface area contributed by atoms with Gasteiger partial charge in [0.05, 0.1) is 13.0 Å². The number of carbonyl (C=O) groups is 2. The number of carbonyl (C=O) groups excluding carboxylic acids is 1. The average molecular weight is 415 g/mol. The van der Waals surface area contributed by atoms with E-state index in [0.717, 1.165) is 11.1 Å². The molecule has 0 fully saturated rings. The van der Waals surface area contributed by atoms with E-state index in [0.29, 0.717) is 22.6 Å². The summed E-state index contributed by atoms with van der Waals surface area (Å²) < 4.78 is 5.15. The van der Waals surface area contributed by atoms with Crippen LogP contribution in [0.1, 0.15) is 28.2 Å². The fourth-order valence-corrected chi connectivity index (χ4v) is 5.25. The van der Waals surface area contributed by atoms with E-state index in [-0.39, 0.29) is 0 Å². The Kier molecular flexibility index (Phi) is 4.34. The van der Waals surface area contributed by atoms with Crippen molar-refractivity contribution in [2.24, 2.45) is 11.8 Å². The SMILES string of the molecule is COc1ccc(NC(=O)C2C3c4ccccc4C(O)(c4ccccc43)C2C(=O)O)cc1. The minimum Gasteiger partial charge on any atom is -0.497 e. The molecule has 2 atom stereocenters. The summed E-state index contributed by atoms with van der Waals surface area (Å²) in [5.74, 6) is -3.76. The second-order valence-corrected chi connectivity index (χ2v) is 7.98. The number of hydrogen-bond acceptors (Lipinski definition) is 4. The van der Waals surface area contributed by atoms with Crippen molar-refractivity contribution in [1.82, 2.24) is 0 Å². The first-order valence-electron chi connectivity index (χ1n) is 10.1. The smallest absolute Gasteiger partial charge is 0.311 e. The maximum absolute atomic E-state index is 13.5. The first-order chi connectivity index (χ1) is 15.0. The third-order valence-electron chi connectivity index (χ3n) is 6.51. The van der Waals surface area contributed by atoms with E-state index in [1.54, 1.807) is 55.6 Å². The Balaban J connectivity index is 1.65. The molecule has 0 radical (unpaired) electrons. The molecule has 6 nitrogen and oxygen atoms in total. The minimum absolute atomic E-state index is 0.440. The molecule has 3 aromatic rings. The molecule has 2 bridgehead atoms. The van der Waals surface area contributed by atoms with Gasteiger partial charge in [-0.25, -0.2) is 0 Å². The van der Waals surface area contributed by atoms with E-state index < -0.39 is 35.2 Å². The first kappa shape index (κ1) is 19.3. The van der Waals surface area contributed by atoms with Crippen LogP contribution >= 0.6 is 0 Å².